The van der Waals surface area contributed by atoms with Crippen molar-refractivity contribution < 1.29 is 14.4 Å². The highest BCUT2D eigenvalue weighted by Gasteiger charge is 2.40. The van der Waals surface area contributed by atoms with Gasteiger partial charge in [0, 0.05) is 89.8 Å². The zero-order valence-corrected chi connectivity index (χ0v) is 31.3. The van der Waals surface area contributed by atoms with Crippen LogP contribution < -0.4 is 21.3 Å². The van der Waals surface area contributed by atoms with Gasteiger partial charge in [-0.15, -0.1) is 0 Å². The molecule has 5 aromatic rings. The van der Waals surface area contributed by atoms with Gasteiger partial charge >= 0.3 is 0 Å². The van der Waals surface area contributed by atoms with Gasteiger partial charge in [0.2, 0.25) is 17.8 Å². The van der Waals surface area contributed by atoms with Crippen LogP contribution in [0.4, 0.5) is 23.1 Å². The van der Waals surface area contributed by atoms with Gasteiger partial charge in [-0.25, -0.2) is 9.97 Å². The van der Waals surface area contributed by atoms with Crippen molar-refractivity contribution in [1.29, 1.82) is 5.41 Å². The Labute approximate surface area is 325 Å². The fourth-order valence-corrected chi connectivity index (χ4v) is 7.70. The number of piperidine rings is 2. The lowest BCUT2D eigenvalue weighted by Gasteiger charge is -2.32. The normalized spacial score (nSPS) is 17.9. The zero-order chi connectivity index (χ0) is 37.9. The number of fused-ring (bicyclic) bond motifs is 2. The third-order valence-corrected chi connectivity index (χ3v) is 10.8. The second-order valence-electron chi connectivity index (χ2n) is 13.8. The first kappa shape index (κ1) is 35.9. The number of rotatable bonds is 11. The Morgan fingerprint density at radius 3 is 2.64 bits per heavy atom. The summed E-state index contributed by atoms with van der Waals surface area (Å²) in [6.07, 6.45) is 9.01. The number of carbonyl (C=O) groups is 3. The molecule has 0 bridgehead atoms. The van der Waals surface area contributed by atoms with Crippen molar-refractivity contribution in [3.63, 3.8) is 0 Å². The van der Waals surface area contributed by atoms with Crippen molar-refractivity contribution in [3.05, 3.63) is 112 Å². The average Bonchev–Trinajstić information content (AvgIpc) is 3.52. The first-order valence-corrected chi connectivity index (χ1v) is 18.9. The van der Waals surface area contributed by atoms with E-state index in [0.29, 0.717) is 46.7 Å². The molecule has 14 nitrogen and oxygen atoms in total. The van der Waals surface area contributed by atoms with Gasteiger partial charge < -0.3 is 26.3 Å². The summed E-state index contributed by atoms with van der Waals surface area (Å²) in [4.78, 5) is 59.8. The molecule has 3 aliphatic heterocycles. The molecule has 1 atom stereocenters. The molecule has 2 saturated heterocycles. The van der Waals surface area contributed by atoms with Crippen LogP contribution in [-0.2, 0) is 22.7 Å². The highest BCUT2D eigenvalue weighted by atomic mass is 79.9. The molecule has 3 aromatic carbocycles. The number of nitrogens with zero attached hydrogens (tertiary/aromatic N) is 6. The fraction of sp³-hybridized carbons (Fsp3) is 0.250. The van der Waals surface area contributed by atoms with E-state index >= 15 is 0 Å². The summed E-state index contributed by atoms with van der Waals surface area (Å²) >= 11 is 3.55. The number of para-hydroxylation sites is 1. The number of hydrogen-bond donors (Lipinski definition) is 5. The maximum absolute atomic E-state index is 13.3. The Kier molecular flexibility index (Phi) is 10.3. The molecule has 5 N–H and O–H groups in total. The number of hydrogen-bond acceptors (Lipinski definition) is 12. The third-order valence-electron chi connectivity index (χ3n) is 10.1. The van der Waals surface area contributed by atoms with E-state index in [9.17, 15) is 14.4 Å². The molecular formula is C40H38BrN11O3. The predicted octanol–water partition coefficient (Wildman–Crippen LogP) is 5.68. The van der Waals surface area contributed by atoms with Crippen LogP contribution in [0.25, 0.3) is 16.6 Å². The van der Waals surface area contributed by atoms with E-state index in [1.54, 1.807) is 30.6 Å². The lowest BCUT2D eigenvalue weighted by atomic mass is 10.0. The maximum atomic E-state index is 13.3. The summed E-state index contributed by atoms with van der Waals surface area (Å²) in [5, 5.41) is 20.5. The smallest absolute Gasteiger partial charge is 0.255 e. The predicted molar refractivity (Wildman–Crippen MR) is 213 cm³/mol. The fourth-order valence-electron chi connectivity index (χ4n) is 7.26. The summed E-state index contributed by atoms with van der Waals surface area (Å²) in [7, 11) is 0. The number of allylic oxidation sites excluding steroid dienone is 1. The molecule has 2 fully saturated rings. The van der Waals surface area contributed by atoms with Gasteiger partial charge in [0.15, 0.2) is 0 Å². The summed E-state index contributed by atoms with van der Waals surface area (Å²) in [6, 6.07) is 20.8. The van der Waals surface area contributed by atoms with Crippen molar-refractivity contribution in [1.82, 2.24) is 40.4 Å². The second kappa shape index (κ2) is 15.7. The molecule has 55 heavy (non-hydrogen) atoms. The average molecular weight is 801 g/mol. The first-order chi connectivity index (χ1) is 26.8. The van der Waals surface area contributed by atoms with Gasteiger partial charge in [0.25, 0.3) is 5.91 Å². The minimum atomic E-state index is -0.685. The molecule has 0 radical (unpaired) electrons. The Hall–Kier alpha value is -6.06. The van der Waals surface area contributed by atoms with E-state index in [-0.39, 0.29) is 24.8 Å². The van der Waals surface area contributed by atoms with E-state index in [1.807, 2.05) is 42.6 Å². The first-order valence-electron chi connectivity index (χ1n) is 18.1. The molecule has 2 aromatic heterocycles. The SMILES string of the molecule is N=C/C(=C\NC1CCN(Cc2cccc(Nc3nccc(Nc4cccc5c4CN(C4CCC(=O)NC4=O)C5=O)n3)c2)CC1)c1cnc2cccc(Br)c2n1. The van der Waals surface area contributed by atoms with Crippen LogP contribution in [0.15, 0.2) is 89.8 Å². The number of aromatic nitrogens is 4. The van der Waals surface area contributed by atoms with Crippen LogP contribution in [0, 0.1) is 5.41 Å². The van der Waals surface area contributed by atoms with Gasteiger partial charge in [0.05, 0.1) is 17.4 Å². The van der Waals surface area contributed by atoms with Crippen molar-refractivity contribution in [3.8, 4) is 0 Å². The van der Waals surface area contributed by atoms with Gasteiger partial charge in [-0.3, -0.25) is 29.6 Å². The number of benzene rings is 3. The molecule has 0 spiro atoms. The largest absolute Gasteiger partial charge is 0.387 e. The Morgan fingerprint density at radius 2 is 1.80 bits per heavy atom. The number of carbonyl (C=O) groups excluding carboxylic acids is 3. The summed E-state index contributed by atoms with van der Waals surface area (Å²) in [5.41, 5.74) is 6.95. The van der Waals surface area contributed by atoms with Gasteiger partial charge in [-0.2, -0.15) is 4.98 Å². The number of nitrogens with one attached hydrogen (secondary N) is 5. The topological polar surface area (TPSA) is 181 Å². The van der Waals surface area contributed by atoms with E-state index in [2.05, 4.69) is 69.2 Å². The monoisotopic (exact) mass is 799 g/mol. The third kappa shape index (κ3) is 7.93. The number of imide groups is 1. The molecule has 15 heteroatoms. The zero-order valence-electron chi connectivity index (χ0n) is 29.8. The molecule has 3 aliphatic rings. The van der Waals surface area contributed by atoms with Crippen LogP contribution in [0.5, 0.6) is 0 Å². The van der Waals surface area contributed by atoms with Crippen molar-refractivity contribution in [2.45, 2.75) is 50.9 Å². The summed E-state index contributed by atoms with van der Waals surface area (Å²) < 4.78 is 0.871. The molecular weight excluding hydrogens is 762 g/mol. The minimum absolute atomic E-state index is 0.202. The molecule has 3 amide bonds. The molecule has 5 heterocycles. The van der Waals surface area contributed by atoms with Gasteiger partial charge in [0.1, 0.15) is 17.4 Å². The Balaban J connectivity index is 0.859. The van der Waals surface area contributed by atoms with Gasteiger partial charge in [-0.05, 0) is 83.2 Å². The Morgan fingerprint density at radius 1 is 0.964 bits per heavy atom. The second-order valence-corrected chi connectivity index (χ2v) is 14.6. The molecule has 8 rings (SSSR count). The number of halogens is 1. The maximum Gasteiger partial charge on any atom is 0.255 e. The van der Waals surface area contributed by atoms with E-state index in [1.165, 1.54) is 16.7 Å². The molecule has 1 unspecified atom stereocenters. The lowest BCUT2D eigenvalue weighted by molar-refractivity contribution is -0.136. The summed E-state index contributed by atoms with van der Waals surface area (Å²) in [5.74, 6) is -0.0187. The van der Waals surface area contributed by atoms with Crippen molar-refractivity contribution >= 4 is 79.6 Å². The van der Waals surface area contributed by atoms with Crippen molar-refractivity contribution in [2.24, 2.45) is 0 Å². The van der Waals surface area contributed by atoms with Crippen LogP contribution >= 0.6 is 15.9 Å². The quantitative estimate of drug-likeness (QED) is 0.0820. The van der Waals surface area contributed by atoms with Crippen LogP contribution in [0.3, 0.4) is 0 Å². The number of amides is 3. The minimum Gasteiger partial charge on any atom is -0.387 e. The highest BCUT2D eigenvalue weighted by molar-refractivity contribution is 9.10. The summed E-state index contributed by atoms with van der Waals surface area (Å²) in [6.45, 7) is 2.93. The van der Waals surface area contributed by atoms with E-state index in [0.717, 1.165) is 59.2 Å². The number of likely N-dealkylation sites (tertiary alicyclic amines) is 1. The van der Waals surface area contributed by atoms with Crippen LogP contribution in [0.2, 0.25) is 0 Å². The molecule has 0 aliphatic carbocycles. The molecule has 278 valence electrons. The van der Waals surface area contributed by atoms with Gasteiger partial charge in [-0.1, -0.05) is 24.3 Å². The molecule has 0 saturated carbocycles. The standard InChI is InChI=1S/C40H38BrN11O3/c41-30-7-3-9-32-37(30)48-33(21-45-32)25(19-42)20-44-26-13-16-51(17-14-26)22-24-4-1-5-27(18-24)46-40-43-15-12-35(49-40)47-31-8-2-6-28-29(31)23-52(39(28)55)34-10-11-36(53)50-38(34)54/h1-9,12,15,18-21,26,34,42,44H,10-11,13-14,16-17,22-23H2,(H,50,53,54)(H2,43,46,47,49)/b25-20+,42-19?. The van der Waals surface area contributed by atoms with Crippen LogP contribution in [-0.4, -0.2) is 78.8 Å². The Bertz CT molecular complexity index is 2340. The van der Waals surface area contributed by atoms with Crippen molar-refractivity contribution in [2.75, 3.05) is 23.7 Å². The lowest BCUT2D eigenvalue weighted by Crippen LogP contribution is -2.52. The van der Waals surface area contributed by atoms with E-state index in [4.69, 9.17) is 10.4 Å². The highest BCUT2D eigenvalue weighted by Crippen LogP contribution is 2.34. The number of anilines is 4. The van der Waals surface area contributed by atoms with E-state index < -0.39 is 11.9 Å². The van der Waals surface area contributed by atoms with Crippen LogP contribution in [0.1, 0.15) is 52.9 Å².